The number of anilines is 1. The van der Waals surface area contributed by atoms with Gasteiger partial charge in [0.15, 0.2) is 5.82 Å². The van der Waals surface area contributed by atoms with E-state index in [0.29, 0.717) is 24.7 Å². The van der Waals surface area contributed by atoms with Crippen LogP contribution in [0.1, 0.15) is 40.4 Å². The molecule has 1 amide bonds. The largest absolute Gasteiger partial charge is 0.334 e. The molecule has 0 N–H and O–H groups in total. The van der Waals surface area contributed by atoms with Crippen molar-refractivity contribution in [1.82, 2.24) is 10.1 Å². The lowest BCUT2D eigenvalue weighted by molar-refractivity contribution is -0.117. The molecule has 0 bridgehead atoms. The Bertz CT molecular complexity index is 1020. The number of aromatic nitrogens is 2. The number of hydrogen-bond donors (Lipinski definition) is 0. The Morgan fingerprint density at radius 2 is 1.85 bits per heavy atom. The number of amides is 1. The minimum absolute atomic E-state index is 0.0542. The minimum atomic E-state index is -0.0542. The van der Waals surface area contributed by atoms with E-state index in [9.17, 15) is 4.79 Å². The van der Waals surface area contributed by atoms with Crippen LogP contribution in [0.15, 0.2) is 40.9 Å². The molecule has 0 spiro atoms. The molecule has 4 rings (SSSR count). The van der Waals surface area contributed by atoms with Crippen LogP contribution in [0.3, 0.4) is 0 Å². The first-order chi connectivity index (χ1) is 12.9. The third-order valence-corrected chi connectivity index (χ3v) is 5.55. The first kappa shape index (κ1) is 17.5. The van der Waals surface area contributed by atoms with Crippen molar-refractivity contribution in [2.75, 3.05) is 11.4 Å². The Hall–Kier alpha value is -2.95. The van der Waals surface area contributed by atoms with Gasteiger partial charge in [0.1, 0.15) is 0 Å². The van der Waals surface area contributed by atoms with Crippen molar-refractivity contribution in [3.8, 4) is 11.5 Å². The fraction of sp³-hybridized carbons (Fsp3) is 0.318. The summed E-state index contributed by atoms with van der Waals surface area (Å²) in [5.74, 6) is 1.16. The molecule has 1 unspecified atom stereocenters. The van der Waals surface area contributed by atoms with Gasteiger partial charge < -0.3 is 9.42 Å². The van der Waals surface area contributed by atoms with E-state index in [-0.39, 0.29) is 11.8 Å². The van der Waals surface area contributed by atoms with Crippen LogP contribution in [0.5, 0.6) is 0 Å². The molecule has 1 aromatic heterocycles. The van der Waals surface area contributed by atoms with Crippen LogP contribution in [0, 0.1) is 27.7 Å². The van der Waals surface area contributed by atoms with E-state index in [1.807, 2.05) is 23.1 Å². The second-order valence-corrected chi connectivity index (χ2v) is 7.38. The number of carbonyl (C=O) groups is 1. The molecular weight excluding hydrogens is 338 g/mol. The van der Waals surface area contributed by atoms with Gasteiger partial charge in [-0.2, -0.15) is 4.98 Å². The topological polar surface area (TPSA) is 59.2 Å². The van der Waals surface area contributed by atoms with E-state index in [0.717, 1.165) is 16.8 Å². The Morgan fingerprint density at radius 3 is 2.63 bits per heavy atom. The molecule has 1 atom stereocenters. The van der Waals surface area contributed by atoms with Crippen molar-refractivity contribution < 1.29 is 9.32 Å². The van der Waals surface area contributed by atoms with E-state index in [1.165, 1.54) is 16.7 Å². The van der Waals surface area contributed by atoms with Crippen molar-refractivity contribution in [1.29, 1.82) is 0 Å². The molecule has 2 heterocycles. The van der Waals surface area contributed by atoms with Crippen LogP contribution in [0.4, 0.5) is 5.69 Å². The Balaban J connectivity index is 1.59. The fourth-order valence-corrected chi connectivity index (χ4v) is 3.53. The lowest BCUT2D eigenvalue weighted by Gasteiger charge is -2.19. The van der Waals surface area contributed by atoms with Gasteiger partial charge in [0, 0.05) is 30.1 Å². The lowest BCUT2D eigenvalue weighted by Crippen LogP contribution is -2.25. The maximum atomic E-state index is 12.6. The average molecular weight is 361 g/mol. The van der Waals surface area contributed by atoms with Crippen LogP contribution in [-0.2, 0) is 4.79 Å². The van der Waals surface area contributed by atoms with Crippen molar-refractivity contribution >= 4 is 11.6 Å². The highest BCUT2D eigenvalue weighted by molar-refractivity contribution is 5.97. The Labute approximate surface area is 159 Å². The van der Waals surface area contributed by atoms with Crippen molar-refractivity contribution in [3.63, 3.8) is 0 Å². The van der Waals surface area contributed by atoms with Gasteiger partial charge in [-0.25, -0.2) is 0 Å². The van der Waals surface area contributed by atoms with Gasteiger partial charge in [-0.05, 0) is 68.1 Å². The summed E-state index contributed by atoms with van der Waals surface area (Å²) in [4.78, 5) is 19.0. The van der Waals surface area contributed by atoms with Gasteiger partial charge in [-0.15, -0.1) is 0 Å². The second-order valence-electron chi connectivity index (χ2n) is 7.38. The van der Waals surface area contributed by atoms with Crippen LogP contribution in [0.25, 0.3) is 11.5 Å². The molecule has 0 aliphatic carbocycles. The van der Waals surface area contributed by atoms with Gasteiger partial charge in [0.05, 0.1) is 0 Å². The lowest BCUT2D eigenvalue weighted by atomic mass is 10.1. The fourth-order valence-electron chi connectivity index (χ4n) is 3.53. The molecule has 1 saturated heterocycles. The van der Waals surface area contributed by atoms with Gasteiger partial charge in [-0.1, -0.05) is 23.4 Å². The molecule has 138 valence electrons. The molecule has 27 heavy (non-hydrogen) atoms. The molecule has 1 aliphatic heterocycles. The Kier molecular flexibility index (Phi) is 4.30. The standard InChI is InChI=1S/C22H23N3O2/c1-13-8-9-17(10-15(13)3)22-23-21(24-27-22)18-11-20(26)25(12-18)19-7-5-6-14(2)16(19)4/h5-10,18H,11-12H2,1-4H3. The molecule has 0 saturated carbocycles. The average Bonchev–Trinajstić information content (AvgIpc) is 3.27. The molecule has 0 radical (unpaired) electrons. The van der Waals surface area contributed by atoms with E-state index in [2.05, 4.69) is 56.0 Å². The second kappa shape index (κ2) is 6.65. The van der Waals surface area contributed by atoms with Gasteiger partial charge in [0.25, 0.3) is 5.89 Å². The number of nitrogens with zero attached hydrogens (tertiary/aromatic N) is 3. The summed E-state index contributed by atoms with van der Waals surface area (Å²) in [5.41, 5.74) is 6.61. The summed E-state index contributed by atoms with van der Waals surface area (Å²) in [7, 11) is 0. The van der Waals surface area contributed by atoms with Crippen LogP contribution < -0.4 is 4.90 Å². The predicted octanol–water partition coefficient (Wildman–Crippen LogP) is 4.49. The zero-order chi connectivity index (χ0) is 19.1. The SMILES string of the molecule is Cc1ccc(-c2nc(C3CC(=O)N(c4cccc(C)c4C)C3)no2)cc1C. The van der Waals surface area contributed by atoms with Crippen LogP contribution in [-0.4, -0.2) is 22.6 Å². The van der Waals surface area contributed by atoms with E-state index >= 15 is 0 Å². The summed E-state index contributed by atoms with van der Waals surface area (Å²) in [5, 5.41) is 4.16. The molecular formula is C22H23N3O2. The molecule has 3 aromatic rings. The molecule has 5 heteroatoms. The van der Waals surface area contributed by atoms with Gasteiger partial charge in [-0.3, -0.25) is 4.79 Å². The first-order valence-corrected chi connectivity index (χ1v) is 9.22. The predicted molar refractivity (Wildman–Crippen MR) is 105 cm³/mol. The summed E-state index contributed by atoms with van der Waals surface area (Å²) >= 11 is 0. The molecule has 2 aromatic carbocycles. The summed E-state index contributed by atoms with van der Waals surface area (Å²) in [6, 6.07) is 12.1. The third-order valence-electron chi connectivity index (χ3n) is 5.55. The van der Waals surface area contributed by atoms with Gasteiger partial charge in [0.2, 0.25) is 5.91 Å². The molecule has 1 fully saturated rings. The smallest absolute Gasteiger partial charge is 0.257 e. The van der Waals surface area contributed by atoms with Gasteiger partial charge >= 0.3 is 0 Å². The Morgan fingerprint density at radius 1 is 1.04 bits per heavy atom. The highest BCUT2D eigenvalue weighted by atomic mass is 16.5. The normalized spacial score (nSPS) is 17.0. The maximum Gasteiger partial charge on any atom is 0.257 e. The molecule has 1 aliphatic rings. The highest BCUT2D eigenvalue weighted by Gasteiger charge is 2.35. The van der Waals surface area contributed by atoms with Crippen molar-refractivity contribution in [2.24, 2.45) is 0 Å². The number of carbonyl (C=O) groups excluding carboxylic acids is 1. The monoisotopic (exact) mass is 361 g/mol. The van der Waals surface area contributed by atoms with E-state index < -0.39 is 0 Å². The quantitative estimate of drug-likeness (QED) is 0.690. The maximum absolute atomic E-state index is 12.6. The summed E-state index contributed by atoms with van der Waals surface area (Å²) < 4.78 is 5.49. The number of rotatable bonds is 3. The zero-order valence-electron chi connectivity index (χ0n) is 16.1. The first-order valence-electron chi connectivity index (χ1n) is 9.22. The number of aryl methyl sites for hydroxylation is 3. The third kappa shape index (κ3) is 3.14. The summed E-state index contributed by atoms with van der Waals surface area (Å²) in [6.45, 7) is 8.83. The van der Waals surface area contributed by atoms with Crippen LogP contribution >= 0.6 is 0 Å². The summed E-state index contributed by atoms with van der Waals surface area (Å²) in [6.07, 6.45) is 0.402. The highest BCUT2D eigenvalue weighted by Crippen LogP contribution is 2.34. The zero-order valence-corrected chi connectivity index (χ0v) is 16.1. The number of benzene rings is 2. The van der Waals surface area contributed by atoms with Crippen LogP contribution in [0.2, 0.25) is 0 Å². The van der Waals surface area contributed by atoms with Crippen molar-refractivity contribution in [2.45, 2.75) is 40.0 Å². The minimum Gasteiger partial charge on any atom is -0.334 e. The number of hydrogen-bond acceptors (Lipinski definition) is 4. The van der Waals surface area contributed by atoms with E-state index in [1.54, 1.807) is 0 Å². The van der Waals surface area contributed by atoms with E-state index in [4.69, 9.17) is 4.52 Å². The molecule has 5 nitrogen and oxygen atoms in total. The van der Waals surface area contributed by atoms with Crippen molar-refractivity contribution in [3.05, 3.63) is 64.5 Å².